The van der Waals surface area contributed by atoms with Crippen LogP contribution < -0.4 is 0 Å². The minimum atomic E-state index is 0. The molecular weight excluding hydrogens is 160 g/mol. The summed E-state index contributed by atoms with van der Waals surface area (Å²) >= 11 is 1.84. The molecule has 48 valence electrons. The van der Waals surface area contributed by atoms with Gasteiger partial charge in [-0.1, -0.05) is 0 Å². The van der Waals surface area contributed by atoms with Crippen molar-refractivity contribution >= 4 is 14.0 Å². The van der Waals surface area contributed by atoms with Gasteiger partial charge in [-0.25, -0.2) is 0 Å². The van der Waals surface area contributed by atoms with Crippen LogP contribution in [0.15, 0.2) is 11.1 Å². The van der Waals surface area contributed by atoms with Crippen LogP contribution in [0.3, 0.4) is 0 Å². The van der Waals surface area contributed by atoms with Gasteiger partial charge in [0.15, 0.2) is 0 Å². The zero-order valence-corrected chi connectivity index (χ0v) is 8.80. The maximum absolute atomic E-state index is 2.32. The Labute approximate surface area is 74.6 Å². The van der Waals surface area contributed by atoms with Crippen LogP contribution in [-0.2, 0) is 24.4 Å². The molecule has 0 amide bonds. The summed E-state index contributed by atoms with van der Waals surface area (Å²) in [5, 5.41) is 0. The van der Waals surface area contributed by atoms with Gasteiger partial charge in [-0.05, 0) is 0 Å². The standard InChI is InChI=1S/C7H10P.Sc.H/c1-5-4-8-7(3)6(5)2;;/h4H,1-3H3;;/q;;-1. The van der Waals surface area contributed by atoms with Crippen molar-refractivity contribution in [1.82, 2.24) is 0 Å². The van der Waals surface area contributed by atoms with E-state index in [1.165, 1.54) is 13.8 Å². The Balaban J connectivity index is 0.000000810. The topological polar surface area (TPSA) is 0 Å². The summed E-state index contributed by atoms with van der Waals surface area (Å²) in [5.41, 5.74) is 3.06. The van der Waals surface area contributed by atoms with Gasteiger partial charge in [-0.15, -0.1) is 0 Å². The van der Waals surface area contributed by atoms with E-state index in [0.717, 1.165) is 0 Å². The predicted molar refractivity (Wildman–Crippen MR) is 40.9 cm³/mol. The van der Waals surface area contributed by atoms with Crippen molar-refractivity contribution < 1.29 is 25.8 Å². The maximum atomic E-state index is 2.32. The third kappa shape index (κ3) is 1.43. The average Bonchev–Trinajstić information content (AvgIpc) is 1.97. The van der Waals surface area contributed by atoms with Crippen LogP contribution in [0.4, 0.5) is 0 Å². The fourth-order valence-electron chi connectivity index (χ4n) is 0.824. The Kier molecular flexibility index (Phi) is 2.13. The Hall–Kier alpha value is 0.780. The first-order chi connectivity index (χ1) is 4.04. The largest absolute Gasteiger partial charge is 1.00 e. The van der Waals surface area contributed by atoms with Gasteiger partial charge in [0, 0.05) is 0 Å². The van der Waals surface area contributed by atoms with E-state index in [1.54, 1.807) is 5.57 Å². The van der Waals surface area contributed by atoms with Crippen LogP contribution >= 0.6 is 8.20 Å². The first-order valence-electron chi connectivity index (χ1n) is 3.06. The molecule has 1 aliphatic rings. The van der Waals surface area contributed by atoms with Crippen LogP contribution in [0.1, 0.15) is 22.2 Å². The van der Waals surface area contributed by atoms with Crippen molar-refractivity contribution in [1.29, 1.82) is 0 Å². The second-order valence-electron chi connectivity index (χ2n) is 2.71. The molecule has 0 spiro atoms. The Bertz CT molecular complexity index is 194. The number of hydrogen-bond acceptors (Lipinski definition) is 0. The van der Waals surface area contributed by atoms with Crippen molar-refractivity contribution in [2.24, 2.45) is 0 Å². The van der Waals surface area contributed by atoms with Gasteiger partial charge in [-0.3, -0.25) is 0 Å². The fourth-order valence-corrected chi connectivity index (χ4v) is 2.55. The molecule has 0 fully saturated rings. The molecule has 0 nitrogen and oxygen atoms in total. The van der Waals surface area contributed by atoms with Crippen molar-refractivity contribution in [3.8, 4) is 0 Å². The number of hydrogen-bond donors (Lipinski definition) is 0. The van der Waals surface area contributed by atoms with E-state index >= 15 is 0 Å². The SMILES string of the molecule is CC1=C(C)[C](C)([Sc])P=C1.[H-]. The van der Waals surface area contributed by atoms with E-state index in [4.69, 9.17) is 0 Å². The third-order valence-corrected chi connectivity index (χ3v) is 4.64. The second kappa shape index (κ2) is 2.43. The van der Waals surface area contributed by atoms with Crippen LogP contribution in [0.2, 0.25) is 0 Å². The summed E-state index contributed by atoms with van der Waals surface area (Å²) < 4.78 is 0.483. The van der Waals surface area contributed by atoms with Crippen molar-refractivity contribution in [3.63, 3.8) is 0 Å². The fraction of sp³-hybridized carbons (Fsp3) is 0.571. The quantitative estimate of drug-likeness (QED) is 0.491. The molecule has 0 bridgehead atoms. The molecule has 0 aliphatic carbocycles. The molecule has 0 saturated carbocycles. The Morgan fingerprint density at radius 2 is 2.22 bits per heavy atom. The Morgan fingerprint density at radius 1 is 1.67 bits per heavy atom. The van der Waals surface area contributed by atoms with E-state index in [0.29, 0.717) is 2.91 Å². The zero-order chi connectivity index (χ0) is 7.07. The van der Waals surface area contributed by atoms with Gasteiger partial charge >= 0.3 is 73.2 Å². The van der Waals surface area contributed by atoms with Crippen LogP contribution in [-0.4, -0.2) is 8.71 Å². The molecule has 0 aromatic heterocycles. The first-order valence-corrected chi connectivity index (χ1v) is 4.92. The van der Waals surface area contributed by atoms with E-state index in [2.05, 4.69) is 26.6 Å². The molecule has 2 heteroatoms. The third-order valence-electron chi connectivity index (χ3n) is 1.88. The summed E-state index contributed by atoms with van der Waals surface area (Å²) in [6, 6.07) is 0. The smallest absolute Gasteiger partial charge is 1.00 e. The minimum Gasteiger partial charge on any atom is -1.00 e. The number of rotatable bonds is 0. The molecule has 0 saturated heterocycles. The molecule has 0 radical (unpaired) electrons. The summed E-state index contributed by atoms with van der Waals surface area (Å²) in [4.78, 5) is 0. The van der Waals surface area contributed by atoms with Crippen LogP contribution in [0.25, 0.3) is 0 Å². The minimum absolute atomic E-state index is 0. The molecule has 1 heterocycles. The molecular formula is C7H11PSc-. The second-order valence-corrected chi connectivity index (χ2v) is 6.72. The normalized spacial score (nSPS) is 35.8. The van der Waals surface area contributed by atoms with E-state index in [1.807, 2.05) is 24.4 Å². The van der Waals surface area contributed by atoms with Gasteiger partial charge in [-0.2, -0.15) is 0 Å². The van der Waals surface area contributed by atoms with Crippen LogP contribution in [0, 0.1) is 0 Å². The zero-order valence-electron chi connectivity index (χ0n) is 7.10. The first kappa shape index (κ1) is 7.88. The summed E-state index contributed by atoms with van der Waals surface area (Å²) in [6.45, 7) is 6.76. The predicted octanol–water partition coefficient (Wildman–Crippen LogP) is 2.46. The molecule has 1 aliphatic heterocycles. The summed E-state index contributed by atoms with van der Waals surface area (Å²) in [6.07, 6.45) is 0. The van der Waals surface area contributed by atoms with Gasteiger partial charge in [0.1, 0.15) is 0 Å². The average molecular weight is 171 g/mol. The molecule has 9 heavy (non-hydrogen) atoms. The molecule has 1 rings (SSSR count). The van der Waals surface area contributed by atoms with Gasteiger partial charge in [0.05, 0.1) is 0 Å². The molecule has 0 aromatic carbocycles. The van der Waals surface area contributed by atoms with Crippen molar-refractivity contribution in [2.45, 2.75) is 23.7 Å². The Morgan fingerprint density at radius 3 is 2.33 bits per heavy atom. The summed E-state index contributed by atoms with van der Waals surface area (Å²) in [7, 11) is 1.48. The van der Waals surface area contributed by atoms with Gasteiger partial charge < -0.3 is 1.43 Å². The molecule has 0 aromatic rings. The van der Waals surface area contributed by atoms with Gasteiger partial charge in [0.25, 0.3) is 0 Å². The molecule has 0 N–H and O–H groups in total. The molecule has 1 unspecified atom stereocenters. The number of allylic oxidation sites excluding steroid dienone is 2. The van der Waals surface area contributed by atoms with E-state index in [-0.39, 0.29) is 1.43 Å². The van der Waals surface area contributed by atoms with Gasteiger partial charge in [0.2, 0.25) is 0 Å². The van der Waals surface area contributed by atoms with Crippen molar-refractivity contribution in [3.05, 3.63) is 11.1 Å². The van der Waals surface area contributed by atoms with Crippen molar-refractivity contribution in [2.75, 3.05) is 0 Å². The van der Waals surface area contributed by atoms with E-state index < -0.39 is 0 Å². The van der Waals surface area contributed by atoms with Crippen LogP contribution in [0.5, 0.6) is 0 Å². The monoisotopic (exact) mass is 171 g/mol. The van der Waals surface area contributed by atoms with E-state index in [9.17, 15) is 0 Å². The summed E-state index contributed by atoms with van der Waals surface area (Å²) in [5.74, 6) is 2.32. The molecule has 1 atom stereocenters. The maximum Gasteiger partial charge on any atom is -1.00 e.